The predicted molar refractivity (Wildman–Crippen MR) is 78.4 cm³/mol. The van der Waals surface area contributed by atoms with Crippen LogP contribution in [0.15, 0.2) is 12.2 Å². The van der Waals surface area contributed by atoms with Crippen LogP contribution in [0.25, 0.3) is 0 Å². The summed E-state index contributed by atoms with van der Waals surface area (Å²) in [5.74, 6) is 0.170. The molecule has 118 valence electrons. The first-order chi connectivity index (χ1) is 10.7. The Kier molecular flexibility index (Phi) is 3.29. The molecule has 5 unspecified atom stereocenters. The molecule has 2 heterocycles. The Bertz CT molecular complexity index is 523. The maximum absolute atomic E-state index is 12.5. The zero-order valence-corrected chi connectivity index (χ0v) is 12.5. The lowest BCUT2D eigenvalue weighted by Gasteiger charge is -2.18. The van der Waals surface area contributed by atoms with Crippen LogP contribution >= 0.6 is 0 Å². The summed E-state index contributed by atoms with van der Waals surface area (Å²) in [4.78, 5) is 38.2. The fourth-order valence-electron chi connectivity index (χ4n) is 4.50. The molecule has 0 spiro atoms. The number of likely N-dealkylation sites (tertiary alicyclic amines) is 1. The zero-order chi connectivity index (χ0) is 15.3. The van der Waals surface area contributed by atoms with Gasteiger partial charge in [-0.15, -0.1) is 0 Å². The minimum atomic E-state index is -0.141. The second-order valence-corrected chi connectivity index (χ2v) is 6.81. The van der Waals surface area contributed by atoms with Crippen molar-refractivity contribution in [1.82, 2.24) is 15.5 Å². The minimum Gasteiger partial charge on any atom is -0.354 e. The van der Waals surface area contributed by atoms with Gasteiger partial charge in [0.2, 0.25) is 17.7 Å². The highest BCUT2D eigenvalue weighted by Crippen LogP contribution is 2.52. The number of nitrogens with one attached hydrogen (secondary N) is 2. The van der Waals surface area contributed by atoms with Gasteiger partial charge in [-0.05, 0) is 31.2 Å². The van der Waals surface area contributed by atoms with Gasteiger partial charge in [-0.3, -0.25) is 19.3 Å². The van der Waals surface area contributed by atoms with Gasteiger partial charge < -0.3 is 10.6 Å². The normalized spacial score (nSPS) is 38.9. The third-order valence-corrected chi connectivity index (χ3v) is 5.63. The van der Waals surface area contributed by atoms with E-state index < -0.39 is 0 Å². The number of hydrogen-bond donors (Lipinski definition) is 2. The summed E-state index contributed by atoms with van der Waals surface area (Å²) in [7, 11) is 0. The number of carbonyl (C=O) groups is 3. The van der Waals surface area contributed by atoms with Crippen molar-refractivity contribution >= 4 is 17.7 Å². The molecule has 1 saturated carbocycles. The predicted octanol–water partition coefficient (Wildman–Crippen LogP) is -0.481. The second-order valence-electron chi connectivity index (χ2n) is 6.81. The third kappa shape index (κ3) is 2.00. The highest BCUT2D eigenvalue weighted by molar-refractivity contribution is 6.06. The fourth-order valence-corrected chi connectivity index (χ4v) is 4.50. The summed E-state index contributed by atoms with van der Waals surface area (Å²) in [6.07, 6.45) is 5.99. The lowest BCUT2D eigenvalue weighted by atomic mass is 9.85. The molecule has 4 aliphatic rings. The first kappa shape index (κ1) is 13.9. The van der Waals surface area contributed by atoms with Crippen molar-refractivity contribution in [2.45, 2.75) is 12.8 Å². The second kappa shape index (κ2) is 5.19. The van der Waals surface area contributed by atoms with Crippen LogP contribution < -0.4 is 10.6 Å². The van der Waals surface area contributed by atoms with Crippen molar-refractivity contribution in [3.05, 3.63) is 12.2 Å². The van der Waals surface area contributed by atoms with E-state index in [2.05, 4.69) is 22.8 Å². The van der Waals surface area contributed by atoms with Crippen LogP contribution in [-0.2, 0) is 14.4 Å². The van der Waals surface area contributed by atoms with Gasteiger partial charge in [0.15, 0.2) is 0 Å². The Hall–Kier alpha value is -1.69. The number of allylic oxidation sites excluding steroid dienone is 2. The maximum Gasteiger partial charge on any atom is 0.233 e. The van der Waals surface area contributed by atoms with Crippen LogP contribution in [0.4, 0.5) is 0 Å². The van der Waals surface area contributed by atoms with Gasteiger partial charge in [0.05, 0.1) is 17.8 Å². The van der Waals surface area contributed by atoms with Crippen LogP contribution in [0.2, 0.25) is 0 Å². The number of nitrogens with zero attached hydrogens (tertiary/aromatic N) is 1. The van der Waals surface area contributed by atoms with Crippen LogP contribution in [0.1, 0.15) is 12.8 Å². The molecule has 6 heteroatoms. The molecule has 3 fully saturated rings. The quantitative estimate of drug-likeness (QED) is 0.543. The number of amides is 3. The Morgan fingerprint density at radius 2 is 1.91 bits per heavy atom. The molecule has 3 amide bonds. The minimum absolute atomic E-state index is 0.0180. The van der Waals surface area contributed by atoms with E-state index in [4.69, 9.17) is 0 Å². The monoisotopic (exact) mass is 303 g/mol. The van der Waals surface area contributed by atoms with Gasteiger partial charge >= 0.3 is 0 Å². The average Bonchev–Trinajstić information content (AvgIpc) is 3.27. The number of rotatable bonds is 4. The van der Waals surface area contributed by atoms with Crippen LogP contribution in [0, 0.1) is 29.6 Å². The molecule has 2 saturated heterocycles. The van der Waals surface area contributed by atoms with E-state index in [1.54, 1.807) is 0 Å². The molecule has 0 aromatic heterocycles. The summed E-state index contributed by atoms with van der Waals surface area (Å²) in [5, 5.41) is 6.01. The first-order valence-electron chi connectivity index (χ1n) is 8.19. The van der Waals surface area contributed by atoms with Crippen molar-refractivity contribution in [3.8, 4) is 0 Å². The van der Waals surface area contributed by atoms with Crippen LogP contribution in [-0.4, -0.2) is 48.8 Å². The van der Waals surface area contributed by atoms with E-state index in [1.807, 2.05) is 0 Å². The summed E-state index contributed by atoms with van der Waals surface area (Å²) in [5.41, 5.74) is 0. The summed E-state index contributed by atoms with van der Waals surface area (Å²) in [6, 6.07) is 0. The third-order valence-electron chi connectivity index (χ3n) is 5.63. The molecule has 2 N–H and O–H groups in total. The lowest BCUT2D eigenvalue weighted by molar-refractivity contribution is -0.141. The average molecular weight is 303 g/mol. The molecule has 2 aliphatic carbocycles. The summed E-state index contributed by atoms with van der Waals surface area (Å²) in [6.45, 7) is 2.25. The molecule has 22 heavy (non-hydrogen) atoms. The number of hydrogen-bond acceptors (Lipinski definition) is 4. The van der Waals surface area contributed by atoms with E-state index >= 15 is 0 Å². The summed E-state index contributed by atoms with van der Waals surface area (Å²) < 4.78 is 0. The van der Waals surface area contributed by atoms with E-state index in [0.717, 1.165) is 19.4 Å². The van der Waals surface area contributed by atoms with E-state index in [1.165, 1.54) is 4.90 Å². The van der Waals surface area contributed by atoms with E-state index in [9.17, 15) is 14.4 Å². The number of imide groups is 1. The smallest absolute Gasteiger partial charge is 0.233 e. The highest BCUT2D eigenvalue weighted by atomic mass is 16.2. The SMILES string of the molecule is O=C(NCCN1C(=O)C2C3C=CC(C3)C2C1=O)C1CCNC1. The van der Waals surface area contributed by atoms with E-state index in [-0.39, 0.29) is 47.3 Å². The lowest BCUT2D eigenvalue weighted by Crippen LogP contribution is -2.41. The molecule has 5 atom stereocenters. The molecule has 0 radical (unpaired) electrons. The van der Waals surface area contributed by atoms with Crippen molar-refractivity contribution in [1.29, 1.82) is 0 Å². The molecule has 0 aromatic carbocycles. The van der Waals surface area contributed by atoms with Gasteiger partial charge in [0.1, 0.15) is 0 Å². The van der Waals surface area contributed by atoms with Gasteiger partial charge in [0.25, 0.3) is 0 Å². The van der Waals surface area contributed by atoms with Gasteiger partial charge in [-0.25, -0.2) is 0 Å². The van der Waals surface area contributed by atoms with Crippen molar-refractivity contribution in [2.24, 2.45) is 29.6 Å². The molecule has 6 nitrogen and oxygen atoms in total. The molecular formula is C16H21N3O3. The van der Waals surface area contributed by atoms with Gasteiger partial charge in [0, 0.05) is 19.6 Å². The summed E-state index contributed by atoms with van der Waals surface area (Å²) >= 11 is 0. The van der Waals surface area contributed by atoms with E-state index in [0.29, 0.717) is 19.6 Å². The van der Waals surface area contributed by atoms with Crippen molar-refractivity contribution in [2.75, 3.05) is 26.2 Å². The molecule has 4 rings (SSSR count). The Balaban J connectivity index is 1.33. The molecule has 2 aliphatic heterocycles. The largest absolute Gasteiger partial charge is 0.354 e. The van der Waals surface area contributed by atoms with Crippen LogP contribution in [0.5, 0.6) is 0 Å². The molecule has 0 aromatic rings. The number of carbonyl (C=O) groups excluding carboxylic acids is 3. The Labute approximate surface area is 129 Å². The van der Waals surface area contributed by atoms with Crippen molar-refractivity contribution < 1.29 is 14.4 Å². The van der Waals surface area contributed by atoms with Crippen LogP contribution in [0.3, 0.4) is 0 Å². The molecular weight excluding hydrogens is 282 g/mol. The topological polar surface area (TPSA) is 78.5 Å². The molecule has 2 bridgehead atoms. The maximum atomic E-state index is 12.5. The van der Waals surface area contributed by atoms with Gasteiger partial charge in [-0.1, -0.05) is 12.2 Å². The fraction of sp³-hybridized carbons (Fsp3) is 0.688. The number of fused-ring (bicyclic) bond motifs is 5. The zero-order valence-electron chi connectivity index (χ0n) is 12.5. The Morgan fingerprint density at radius 1 is 1.23 bits per heavy atom. The van der Waals surface area contributed by atoms with Gasteiger partial charge in [-0.2, -0.15) is 0 Å². The standard InChI is InChI=1S/C16H21N3O3/c20-14(11-3-4-17-8-11)18-5-6-19-15(21)12-9-1-2-10(7-9)13(12)16(19)22/h1-2,9-13,17H,3-8H2,(H,18,20). The first-order valence-corrected chi connectivity index (χ1v) is 8.19. The van der Waals surface area contributed by atoms with Crippen molar-refractivity contribution in [3.63, 3.8) is 0 Å². The Morgan fingerprint density at radius 3 is 2.50 bits per heavy atom. The highest BCUT2D eigenvalue weighted by Gasteiger charge is 2.58.